The van der Waals surface area contributed by atoms with Gasteiger partial charge in [-0.05, 0) is 40.4 Å². The van der Waals surface area contributed by atoms with E-state index in [9.17, 15) is 0 Å². The van der Waals surface area contributed by atoms with Crippen LogP contribution in [0.3, 0.4) is 0 Å². The molecule has 1 aliphatic carbocycles. The highest BCUT2D eigenvalue weighted by atomic mass is 79.9. The molecule has 0 spiro atoms. The average Bonchev–Trinajstić information content (AvgIpc) is 2.89. The van der Waals surface area contributed by atoms with Gasteiger partial charge in [0.05, 0.1) is 5.69 Å². The van der Waals surface area contributed by atoms with Crippen LogP contribution in [0.1, 0.15) is 31.0 Å². The van der Waals surface area contributed by atoms with Gasteiger partial charge in [0.1, 0.15) is 0 Å². The van der Waals surface area contributed by atoms with Crippen molar-refractivity contribution in [2.24, 2.45) is 11.7 Å². The van der Waals surface area contributed by atoms with Crippen LogP contribution in [-0.4, -0.2) is 4.98 Å². The molecule has 1 aromatic rings. The molecule has 1 fully saturated rings. The Bertz CT molecular complexity index is 297. The smallest absolute Gasteiger partial charge is 0.0712 e. The first kappa shape index (κ1) is 9.16. The highest BCUT2D eigenvalue weighted by Crippen LogP contribution is 2.37. The molecule has 0 radical (unpaired) electrons. The molecule has 0 aromatic carbocycles. The van der Waals surface area contributed by atoms with Crippen LogP contribution in [0.15, 0.2) is 22.8 Å². The van der Waals surface area contributed by atoms with Crippen LogP contribution in [0.2, 0.25) is 0 Å². The van der Waals surface area contributed by atoms with E-state index in [-0.39, 0.29) is 6.04 Å². The summed E-state index contributed by atoms with van der Waals surface area (Å²) in [6.45, 7) is 0. The summed E-state index contributed by atoms with van der Waals surface area (Å²) in [4.78, 5) is 4.29. The number of rotatable bonds is 3. The van der Waals surface area contributed by atoms with Crippen LogP contribution < -0.4 is 5.73 Å². The summed E-state index contributed by atoms with van der Waals surface area (Å²) >= 11 is 3.46. The number of aromatic nitrogens is 1. The molecule has 0 saturated heterocycles. The second-order valence-electron chi connectivity index (χ2n) is 3.66. The Hall–Kier alpha value is -0.410. The lowest BCUT2D eigenvalue weighted by molar-refractivity contribution is 0.581. The lowest BCUT2D eigenvalue weighted by atomic mass is 10.1. The fourth-order valence-corrected chi connectivity index (χ4v) is 2.04. The number of hydrogen-bond donors (Lipinski definition) is 1. The van der Waals surface area contributed by atoms with E-state index in [0.717, 1.165) is 22.5 Å². The molecule has 1 heterocycles. The van der Waals surface area contributed by atoms with E-state index in [1.165, 1.54) is 12.8 Å². The lowest BCUT2D eigenvalue weighted by Crippen LogP contribution is -2.13. The first-order valence-corrected chi connectivity index (χ1v) is 5.42. The zero-order valence-corrected chi connectivity index (χ0v) is 9.00. The summed E-state index contributed by atoms with van der Waals surface area (Å²) in [7, 11) is 0. The van der Waals surface area contributed by atoms with Crippen molar-refractivity contribution in [2.45, 2.75) is 25.3 Å². The number of halogens is 1. The van der Waals surface area contributed by atoms with Gasteiger partial charge in [0.2, 0.25) is 0 Å². The molecule has 0 bridgehead atoms. The Labute approximate surface area is 86.7 Å². The number of hydrogen-bond acceptors (Lipinski definition) is 2. The largest absolute Gasteiger partial charge is 0.323 e. The fraction of sp³-hybridized carbons (Fsp3) is 0.500. The Morgan fingerprint density at radius 2 is 2.38 bits per heavy atom. The van der Waals surface area contributed by atoms with Crippen molar-refractivity contribution in [2.75, 3.05) is 0 Å². The standard InChI is InChI=1S/C10H13BrN2/c11-8-2-1-5-13-10(8)9(12)6-7-3-4-7/h1-2,5,7,9H,3-4,6,12H2. The van der Waals surface area contributed by atoms with Crippen molar-refractivity contribution < 1.29 is 0 Å². The van der Waals surface area contributed by atoms with Crippen LogP contribution in [0.5, 0.6) is 0 Å². The minimum Gasteiger partial charge on any atom is -0.323 e. The van der Waals surface area contributed by atoms with Crippen molar-refractivity contribution in [1.29, 1.82) is 0 Å². The van der Waals surface area contributed by atoms with E-state index in [1.54, 1.807) is 6.20 Å². The summed E-state index contributed by atoms with van der Waals surface area (Å²) in [5.41, 5.74) is 7.04. The Balaban J connectivity index is 2.09. The van der Waals surface area contributed by atoms with Crippen molar-refractivity contribution in [3.63, 3.8) is 0 Å². The minimum absolute atomic E-state index is 0.100. The molecular weight excluding hydrogens is 228 g/mol. The van der Waals surface area contributed by atoms with Crippen molar-refractivity contribution in [1.82, 2.24) is 4.98 Å². The van der Waals surface area contributed by atoms with E-state index >= 15 is 0 Å². The second kappa shape index (κ2) is 3.76. The summed E-state index contributed by atoms with van der Waals surface area (Å²) < 4.78 is 1.03. The van der Waals surface area contributed by atoms with Gasteiger partial charge in [-0.2, -0.15) is 0 Å². The van der Waals surface area contributed by atoms with Crippen LogP contribution in [0.25, 0.3) is 0 Å². The maximum Gasteiger partial charge on any atom is 0.0712 e. The predicted octanol–water partition coefficient (Wildman–Crippen LogP) is 2.64. The average molecular weight is 241 g/mol. The zero-order valence-electron chi connectivity index (χ0n) is 7.41. The molecular formula is C10H13BrN2. The number of pyridine rings is 1. The van der Waals surface area contributed by atoms with Crippen LogP contribution >= 0.6 is 15.9 Å². The van der Waals surface area contributed by atoms with E-state index in [0.29, 0.717) is 0 Å². The third-order valence-corrected chi connectivity index (χ3v) is 3.09. The molecule has 1 saturated carbocycles. The topological polar surface area (TPSA) is 38.9 Å². The Morgan fingerprint density at radius 3 is 3.00 bits per heavy atom. The molecule has 1 unspecified atom stereocenters. The van der Waals surface area contributed by atoms with E-state index in [2.05, 4.69) is 20.9 Å². The van der Waals surface area contributed by atoms with Gasteiger partial charge in [0.25, 0.3) is 0 Å². The molecule has 2 rings (SSSR count). The van der Waals surface area contributed by atoms with Gasteiger partial charge >= 0.3 is 0 Å². The molecule has 2 N–H and O–H groups in total. The Kier molecular flexibility index (Phi) is 2.65. The van der Waals surface area contributed by atoms with Gasteiger partial charge in [-0.15, -0.1) is 0 Å². The van der Waals surface area contributed by atoms with Gasteiger partial charge < -0.3 is 5.73 Å². The number of nitrogens with two attached hydrogens (primary N) is 1. The van der Waals surface area contributed by atoms with E-state index in [1.807, 2.05) is 12.1 Å². The summed E-state index contributed by atoms with van der Waals surface area (Å²) in [5.74, 6) is 0.851. The minimum atomic E-state index is 0.100. The summed E-state index contributed by atoms with van der Waals surface area (Å²) in [6, 6.07) is 4.01. The first-order valence-electron chi connectivity index (χ1n) is 4.63. The molecule has 0 aliphatic heterocycles. The molecule has 13 heavy (non-hydrogen) atoms. The fourth-order valence-electron chi connectivity index (χ4n) is 1.50. The van der Waals surface area contributed by atoms with E-state index in [4.69, 9.17) is 5.73 Å². The second-order valence-corrected chi connectivity index (χ2v) is 4.51. The monoisotopic (exact) mass is 240 g/mol. The highest BCUT2D eigenvalue weighted by molar-refractivity contribution is 9.10. The maximum atomic E-state index is 6.04. The van der Waals surface area contributed by atoms with Crippen LogP contribution in [0, 0.1) is 5.92 Å². The van der Waals surface area contributed by atoms with Crippen molar-refractivity contribution in [3.05, 3.63) is 28.5 Å². The summed E-state index contributed by atoms with van der Waals surface area (Å²) in [5, 5.41) is 0. The number of nitrogens with zero attached hydrogens (tertiary/aromatic N) is 1. The van der Waals surface area contributed by atoms with Crippen molar-refractivity contribution in [3.8, 4) is 0 Å². The third-order valence-electron chi connectivity index (χ3n) is 2.42. The zero-order chi connectivity index (χ0) is 9.26. The lowest BCUT2D eigenvalue weighted by Gasteiger charge is -2.11. The molecule has 1 aromatic heterocycles. The molecule has 1 atom stereocenters. The molecule has 1 aliphatic rings. The SMILES string of the molecule is NC(CC1CC1)c1ncccc1Br. The third kappa shape index (κ3) is 2.29. The van der Waals surface area contributed by atoms with Gasteiger partial charge in [0.15, 0.2) is 0 Å². The van der Waals surface area contributed by atoms with Crippen molar-refractivity contribution >= 4 is 15.9 Å². The van der Waals surface area contributed by atoms with Gasteiger partial charge in [-0.3, -0.25) is 4.98 Å². The normalized spacial score (nSPS) is 18.6. The van der Waals surface area contributed by atoms with Crippen LogP contribution in [-0.2, 0) is 0 Å². The maximum absolute atomic E-state index is 6.04. The van der Waals surface area contributed by atoms with Gasteiger partial charge in [-0.25, -0.2) is 0 Å². The van der Waals surface area contributed by atoms with Crippen LogP contribution in [0.4, 0.5) is 0 Å². The quantitative estimate of drug-likeness (QED) is 0.883. The molecule has 3 heteroatoms. The first-order chi connectivity index (χ1) is 6.27. The molecule has 70 valence electrons. The van der Waals surface area contributed by atoms with E-state index < -0.39 is 0 Å². The predicted molar refractivity (Wildman–Crippen MR) is 56.2 cm³/mol. The summed E-state index contributed by atoms with van der Waals surface area (Å²) in [6.07, 6.45) is 5.57. The van der Waals surface area contributed by atoms with Gasteiger partial charge in [0, 0.05) is 16.7 Å². The highest BCUT2D eigenvalue weighted by Gasteiger charge is 2.25. The molecule has 0 amide bonds. The molecule has 2 nitrogen and oxygen atoms in total. The Morgan fingerprint density at radius 1 is 1.62 bits per heavy atom. The van der Waals surface area contributed by atoms with Gasteiger partial charge in [-0.1, -0.05) is 12.8 Å².